The van der Waals surface area contributed by atoms with E-state index in [0.29, 0.717) is 11.5 Å². The van der Waals surface area contributed by atoms with Crippen LogP contribution in [0.4, 0.5) is 0 Å². The van der Waals surface area contributed by atoms with E-state index < -0.39 is 0 Å². The average molecular weight is 247 g/mol. The molecule has 2 heteroatoms. The van der Waals surface area contributed by atoms with E-state index in [4.69, 9.17) is 0 Å². The molecule has 1 aliphatic heterocycles. The first kappa shape index (κ1) is 13.6. The van der Waals surface area contributed by atoms with Crippen LogP contribution in [0.2, 0.25) is 0 Å². The van der Waals surface area contributed by atoms with Gasteiger partial charge in [-0.1, -0.05) is 44.2 Å². The molecule has 1 aromatic carbocycles. The quantitative estimate of drug-likeness (QED) is 0.835. The van der Waals surface area contributed by atoms with Crippen LogP contribution < -0.4 is 0 Å². The first-order valence-electron chi connectivity index (χ1n) is 7.12. The lowest BCUT2D eigenvalue weighted by atomic mass is 9.74. The number of aliphatic hydroxyl groups excluding tert-OH is 1. The second kappa shape index (κ2) is 5.85. The molecule has 0 aliphatic carbocycles. The average Bonchev–Trinajstić information content (AvgIpc) is 2.38. The van der Waals surface area contributed by atoms with E-state index in [9.17, 15) is 5.11 Å². The Morgan fingerprint density at radius 1 is 1.17 bits per heavy atom. The van der Waals surface area contributed by atoms with Crippen LogP contribution in [0, 0.1) is 5.41 Å². The Morgan fingerprint density at radius 2 is 1.78 bits per heavy atom. The molecule has 0 radical (unpaired) electrons. The van der Waals surface area contributed by atoms with Crippen LogP contribution in [0.15, 0.2) is 30.3 Å². The van der Waals surface area contributed by atoms with Gasteiger partial charge >= 0.3 is 0 Å². The van der Waals surface area contributed by atoms with Gasteiger partial charge in [-0.15, -0.1) is 0 Å². The van der Waals surface area contributed by atoms with E-state index >= 15 is 0 Å². The first-order valence-corrected chi connectivity index (χ1v) is 7.12. The van der Waals surface area contributed by atoms with Crippen LogP contribution >= 0.6 is 0 Å². The van der Waals surface area contributed by atoms with Crippen molar-refractivity contribution in [3.63, 3.8) is 0 Å². The van der Waals surface area contributed by atoms with Crippen molar-refractivity contribution in [2.24, 2.45) is 5.41 Å². The fourth-order valence-corrected chi connectivity index (χ4v) is 2.97. The molecule has 1 atom stereocenters. The number of aliphatic hydroxyl groups is 1. The number of nitrogens with zero attached hydrogens (tertiary/aromatic N) is 1. The second-order valence-corrected chi connectivity index (χ2v) is 5.64. The van der Waals surface area contributed by atoms with Crippen molar-refractivity contribution in [1.29, 1.82) is 0 Å². The van der Waals surface area contributed by atoms with Crippen LogP contribution in [0.1, 0.15) is 32.3 Å². The highest BCUT2D eigenvalue weighted by Gasteiger charge is 2.42. The van der Waals surface area contributed by atoms with Crippen molar-refractivity contribution in [3.8, 4) is 0 Å². The molecule has 0 amide bonds. The predicted octanol–water partition coefficient (Wildman–Crippen LogP) is 2.71. The van der Waals surface area contributed by atoms with Crippen molar-refractivity contribution >= 4 is 0 Å². The maximum atomic E-state index is 9.60. The molecule has 1 N–H and O–H groups in total. The van der Waals surface area contributed by atoms with Crippen LogP contribution in [-0.2, 0) is 6.42 Å². The van der Waals surface area contributed by atoms with Gasteiger partial charge in [-0.05, 0) is 30.2 Å². The molecule has 0 saturated carbocycles. The van der Waals surface area contributed by atoms with E-state index in [0.717, 1.165) is 19.5 Å². The lowest BCUT2D eigenvalue weighted by Crippen LogP contribution is -2.60. The Bertz CT molecular complexity index is 351. The SMILES string of the molecule is CCC1(CC)CN(C(CO)Cc2ccccc2)C1. The van der Waals surface area contributed by atoms with Gasteiger partial charge in [-0.2, -0.15) is 0 Å². The third-order valence-electron chi connectivity index (χ3n) is 4.62. The highest BCUT2D eigenvalue weighted by Crippen LogP contribution is 2.38. The van der Waals surface area contributed by atoms with Gasteiger partial charge in [0.15, 0.2) is 0 Å². The zero-order valence-electron chi connectivity index (χ0n) is 11.6. The smallest absolute Gasteiger partial charge is 0.0590 e. The molecule has 0 spiro atoms. The standard InChI is InChI=1S/C16H25NO/c1-3-16(4-2)12-17(13-16)15(11-18)10-14-8-6-5-7-9-14/h5-9,15,18H,3-4,10-13H2,1-2H3. The van der Waals surface area contributed by atoms with Gasteiger partial charge in [-0.3, -0.25) is 4.90 Å². The lowest BCUT2D eigenvalue weighted by molar-refractivity contribution is -0.0504. The number of hydrogen-bond acceptors (Lipinski definition) is 2. The largest absolute Gasteiger partial charge is 0.395 e. The topological polar surface area (TPSA) is 23.5 Å². The molecule has 1 aromatic rings. The molecule has 100 valence electrons. The van der Waals surface area contributed by atoms with E-state index in [1.807, 2.05) is 6.07 Å². The van der Waals surface area contributed by atoms with E-state index in [1.165, 1.54) is 18.4 Å². The van der Waals surface area contributed by atoms with Gasteiger partial charge in [0.25, 0.3) is 0 Å². The van der Waals surface area contributed by atoms with Crippen molar-refractivity contribution in [1.82, 2.24) is 4.90 Å². The Morgan fingerprint density at radius 3 is 2.28 bits per heavy atom. The van der Waals surface area contributed by atoms with Gasteiger partial charge in [0.05, 0.1) is 6.61 Å². The molecule has 18 heavy (non-hydrogen) atoms. The van der Waals surface area contributed by atoms with Crippen LogP contribution in [-0.4, -0.2) is 35.7 Å². The van der Waals surface area contributed by atoms with Gasteiger partial charge in [0.2, 0.25) is 0 Å². The molecular weight excluding hydrogens is 222 g/mol. The summed E-state index contributed by atoms with van der Waals surface area (Å²) < 4.78 is 0. The summed E-state index contributed by atoms with van der Waals surface area (Å²) in [5.74, 6) is 0. The molecular formula is C16H25NO. The van der Waals surface area contributed by atoms with E-state index in [1.54, 1.807) is 0 Å². The Hall–Kier alpha value is -0.860. The molecule has 1 unspecified atom stereocenters. The van der Waals surface area contributed by atoms with E-state index in [2.05, 4.69) is 43.0 Å². The zero-order chi connectivity index (χ0) is 13.0. The molecule has 1 heterocycles. The highest BCUT2D eigenvalue weighted by atomic mass is 16.3. The number of hydrogen-bond donors (Lipinski definition) is 1. The molecule has 1 aliphatic rings. The molecule has 1 fully saturated rings. The molecule has 1 saturated heterocycles. The van der Waals surface area contributed by atoms with Crippen molar-refractivity contribution < 1.29 is 5.11 Å². The Kier molecular flexibility index (Phi) is 4.41. The number of rotatable bonds is 6. The molecule has 0 aromatic heterocycles. The first-order chi connectivity index (χ1) is 8.73. The molecule has 2 nitrogen and oxygen atoms in total. The molecule has 2 rings (SSSR count). The normalized spacial score (nSPS) is 20.4. The summed E-state index contributed by atoms with van der Waals surface area (Å²) in [5.41, 5.74) is 1.84. The lowest BCUT2D eigenvalue weighted by Gasteiger charge is -2.53. The minimum atomic E-state index is 0.262. The predicted molar refractivity (Wildman–Crippen MR) is 75.6 cm³/mol. The summed E-state index contributed by atoms with van der Waals surface area (Å²) >= 11 is 0. The van der Waals surface area contributed by atoms with Crippen LogP contribution in [0.25, 0.3) is 0 Å². The number of likely N-dealkylation sites (tertiary alicyclic amines) is 1. The minimum absolute atomic E-state index is 0.262. The third kappa shape index (κ3) is 2.76. The number of benzene rings is 1. The fraction of sp³-hybridized carbons (Fsp3) is 0.625. The summed E-state index contributed by atoms with van der Waals surface area (Å²) in [7, 11) is 0. The minimum Gasteiger partial charge on any atom is -0.395 e. The van der Waals surface area contributed by atoms with Crippen LogP contribution in [0.5, 0.6) is 0 Å². The second-order valence-electron chi connectivity index (χ2n) is 5.64. The maximum Gasteiger partial charge on any atom is 0.0590 e. The fourth-order valence-electron chi connectivity index (χ4n) is 2.97. The Labute approximate surface area is 111 Å². The summed E-state index contributed by atoms with van der Waals surface area (Å²) in [6.07, 6.45) is 3.47. The van der Waals surface area contributed by atoms with Gasteiger partial charge < -0.3 is 5.11 Å². The van der Waals surface area contributed by atoms with Crippen molar-refractivity contribution in [2.45, 2.75) is 39.2 Å². The van der Waals surface area contributed by atoms with E-state index in [-0.39, 0.29) is 6.61 Å². The van der Waals surface area contributed by atoms with Gasteiger partial charge in [0.1, 0.15) is 0 Å². The van der Waals surface area contributed by atoms with Crippen LogP contribution in [0.3, 0.4) is 0 Å². The third-order valence-corrected chi connectivity index (χ3v) is 4.62. The summed E-state index contributed by atoms with van der Waals surface area (Å²) in [5, 5.41) is 9.60. The molecule has 0 bridgehead atoms. The van der Waals surface area contributed by atoms with Crippen molar-refractivity contribution in [2.75, 3.05) is 19.7 Å². The summed E-state index contributed by atoms with van der Waals surface area (Å²) in [4.78, 5) is 2.44. The van der Waals surface area contributed by atoms with Gasteiger partial charge in [0, 0.05) is 19.1 Å². The van der Waals surface area contributed by atoms with Crippen molar-refractivity contribution in [3.05, 3.63) is 35.9 Å². The zero-order valence-corrected chi connectivity index (χ0v) is 11.6. The monoisotopic (exact) mass is 247 g/mol. The Balaban J connectivity index is 1.92. The summed E-state index contributed by atoms with van der Waals surface area (Å²) in [6, 6.07) is 10.8. The maximum absolute atomic E-state index is 9.60. The van der Waals surface area contributed by atoms with Gasteiger partial charge in [-0.25, -0.2) is 0 Å². The highest BCUT2D eigenvalue weighted by molar-refractivity contribution is 5.16. The summed E-state index contributed by atoms with van der Waals surface area (Å²) in [6.45, 7) is 7.13.